The number of carbonyl (C=O) groups is 1. The lowest BCUT2D eigenvalue weighted by atomic mass is 10.2. The summed E-state index contributed by atoms with van der Waals surface area (Å²) in [5.41, 5.74) is 5.38. The number of hydrogen-bond donors (Lipinski definition) is 1. The molecular formula is C20H17FN2O2S. The SMILES string of the molecule is Cc1ccc(/C=N\NC(=O)c2sccc2OCc2ccc(F)cc2)cc1. The predicted octanol–water partition coefficient (Wildman–Crippen LogP) is 4.54. The van der Waals surface area contributed by atoms with Crippen molar-refractivity contribution in [2.24, 2.45) is 5.10 Å². The summed E-state index contributed by atoms with van der Waals surface area (Å²) in [5, 5.41) is 5.76. The van der Waals surface area contributed by atoms with Crippen molar-refractivity contribution in [3.63, 3.8) is 0 Å². The Hall–Kier alpha value is -2.99. The normalized spacial score (nSPS) is 10.8. The van der Waals surface area contributed by atoms with Crippen LogP contribution in [0.3, 0.4) is 0 Å². The van der Waals surface area contributed by atoms with Crippen LogP contribution >= 0.6 is 11.3 Å². The first kappa shape index (κ1) is 17.8. The molecule has 4 nitrogen and oxygen atoms in total. The molecule has 1 N–H and O–H groups in total. The summed E-state index contributed by atoms with van der Waals surface area (Å²) in [6.45, 7) is 2.26. The van der Waals surface area contributed by atoms with Gasteiger partial charge in [0.2, 0.25) is 0 Å². The maximum absolute atomic E-state index is 12.9. The van der Waals surface area contributed by atoms with Crippen LogP contribution in [0.4, 0.5) is 4.39 Å². The minimum absolute atomic E-state index is 0.254. The zero-order valence-electron chi connectivity index (χ0n) is 14.1. The Morgan fingerprint density at radius 2 is 1.88 bits per heavy atom. The molecule has 0 saturated carbocycles. The van der Waals surface area contributed by atoms with Crippen molar-refractivity contribution >= 4 is 23.5 Å². The lowest BCUT2D eigenvalue weighted by Crippen LogP contribution is -2.17. The van der Waals surface area contributed by atoms with E-state index in [4.69, 9.17) is 4.74 Å². The van der Waals surface area contributed by atoms with Gasteiger partial charge in [-0.3, -0.25) is 4.79 Å². The summed E-state index contributed by atoms with van der Waals surface area (Å²) in [7, 11) is 0. The van der Waals surface area contributed by atoms with Gasteiger partial charge in [0.15, 0.2) is 0 Å². The van der Waals surface area contributed by atoms with E-state index in [1.54, 1.807) is 29.8 Å². The fraction of sp³-hybridized carbons (Fsp3) is 0.100. The van der Waals surface area contributed by atoms with Gasteiger partial charge in [-0.15, -0.1) is 11.3 Å². The summed E-state index contributed by atoms with van der Waals surface area (Å²) in [4.78, 5) is 12.7. The number of hydrazone groups is 1. The van der Waals surface area contributed by atoms with E-state index in [1.807, 2.05) is 31.2 Å². The predicted molar refractivity (Wildman–Crippen MR) is 101 cm³/mol. The molecule has 0 aliphatic carbocycles. The Kier molecular flexibility index (Phi) is 5.76. The van der Waals surface area contributed by atoms with Crippen molar-refractivity contribution in [2.75, 3.05) is 0 Å². The molecule has 2 aromatic carbocycles. The van der Waals surface area contributed by atoms with E-state index in [9.17, 15) is 9.18 Å². The zero-order chi connectivity index (χ0) is 18.4. The first-order valence-corrected chi connectivity index (χ1v) is 8.84. The highest BCUT2D eigenvalue weighted by atomic mass is 32.1. The Bertz CT molecular complexity index is 902. The number of hydrogen-bond acceptors (Lipinski definition) is 4. The lowest BCUT2D eigenvalue weighted by Gasteiger charge is -2.06. The number of benzene rings is 2. The van der Waals surface area contributed by atoms with E-state index in [-0.39, 0.29) is 18.3 Å². The summed E-state index contributed by atoms with van der Waals surface area (Å²) >= 11 is 1.27. The molecule has 1 aromatic heterocycles. The third kappa shape index (κ3) is 4.77. The Morgan fingerprint density at radius 1 is 1.15 bits per heavy atom. The Labute approximate surface area is 155 Å². The van der Waals surface area contributed by atoms with Crippen LogP contribution in [-0.4, -0.2) is 12.1 Å². The molecule has 26 heavy (non-hydrogen) atoms. The summed E-state index contributed by atoms with van der Waals surface area (Å²) < 4.78 is 18.6. The van der Waals surface area contributed by atoms with Crippen LogP contribution < -0.4 is 10.2 Å². The maximum Gasteiger partial charge on any atom is 0.285 e. The number of nitrogens with zero attached hydrogens (tertiary/aromatic N) is 1. The molecule has 0 aliphatic rings. The van der Waals surface area contributed by atoms with Gasteiger partial charge in [0.05, 0.1) is 6.21 Å². The third-order valence-electron chi connectivity index (χ3n) is 3.60. The minimum Gasteiger partial charge on any atom is -0.487 e. The lowest BCUT2D eigenvalue weighted by molar-refractivity contribution is 0.0955. The van der Waals surface area contributed by atoms with E-state index < -0.39 is 0 Å². The molecule has 0 fully saturated rings. The van der Waals surface area contributed by atoms with E-state index in [2.05, 4.69) is 10.5 Å². The second kappa shape index (κ2) is 8.40. The first-order valence-electron chi connectivity index (χ1n) is 7.96. The van der Waals surface area contributed by atoms with Crippen molar-refractivity contribution in [1.29, 1.82) is 0 Å². The second-order valence-electron chi connectivity index (χ2n) is 5.64. The third-order valence-corrected chi connectivity index (χ3v) is 4.49. The van der Waals surface area contributed by atoms with Crippen LogP contribution in [0.1, 0.15) is 26.4 Å². The van der Waals surface area contributed by atoms with Crippen molar-refractivity contribution in [3.8, 4) is 5.75 Å². The van der Waals surface area contributed by atoms with Gasteiger partial charge in [0.25, 0.3) is 5.91 Å². The maximum atomic E-state index is 12.9. The molecule has 1 amide bonds. The highest BCUT2D eigenvalue weighted by Gasteiger charge is 2.14. The van der Waals surface area contributed by atoms with E-state index in [0.717, 1.165) is 16.7 Å². The largest absolute Gasteiger partial charge is 0.487 e. The van der Waals surface area contributed by atoms with E-state index >= 15 is 0 Å². The standard InChI is InChI=1S/C20H17FN2O2S/c1-14-2-4-15(5-3-14)12-22-23-20(24)19-18(10-11-26-19)25-13-16-6-8-17(21)9-7-16/h2-12H,13H2,1H3,(H,23,24)/b22-12-. The molecule has 0 spiro atoms. The van der Waals surface area contributed by atoms with Crippen LogP contribution in [0.5, 0.6) is 5.75 Å². The van der Waals surface area contributed by atoms with Gasteiger partial charge in [-0.25, -0.2) is 9.82 Å². The zero-order valence-corrected chi connectivity index (χ0v) is 14.9. The van der Waals surface area contributed by atoms with Gasteiger partial charge in [-0.2, -0.15) is 5.10 Å². The number of aryl methyl sites for hydroxylation is 1. The van der Waals surface area contributed by atoms with Crippen LogP contribution in [0, 0.1) is 12.7 Å². The minimum atomic E-state index is -0.336. The number of ether oxygens (including phenoxy) is 1. The highest BCUT2D eigenvalue weighted by molar-refractivity contribution is 7.12. The van der Waals surface area contributed by atoms with Crippen LogP contribution in [-0.2, 0) is 6.61 Å². The topological polar surface area (TPSA) is 50.7 Å². The molecule has 0 bridgehead atoms. The average molecular weight is 368 g/mol. The van der Waals surface area contributed by atoms with Crippen molar-refractivity contribution in [2.45, 2.75) is 13.5 Å². The number of halogens is 1. The van der Waals surface area contributed by atoms with Gasteiger partial charge in [0, 0.05) is 0 Å². The number of thiophene rings is 1. The fourth-order valence-electron chi connectivity index (χ4n) is 2.19. The second-order valence-corrected chi connectivity index (χ2v) is 6.56. The molecule has 3 aromatic rings. The van der Waals surface area contributed by atoms with Crippen molar-refractivity contribution < 1.29 is 13.9 Å². The van der Waals surface area contributed by atoms with E-state index in [0.29, 0.717) is 10.6 Å². The van der Waals surface area contributed by atoms with Gasteiger partial charge in [0.1, 0.15) is 23.1 Å². The highest BCUT2D eigenvalue weighted by Crippen LogP contribution is 2.25. The number of nitrogens with one attached hydrogen (secondary N) is 1. The molecule has 0 atom stereocenters. The number of carbonyl (C=O) groups excluding carboxylic acids is 1. The molecule has 0 saturated heterocycles. The van der Waals surface area contributed by atoms with Crippen LogP contribution in [0.25, 0.3) is 0 Å². The van der Waals surface area contributed by atoms with Gasteiger partial charge in [-0.1, -0.05) is 42.0 Å². The van der Waals surface area contributed by atoms with Crippen LogP contribution in [0.2, 0.25) is 0 Å². The summed E-state index contributed by atoms with van der Waals surface area (Å²) in [5.74, 6) is -0.157. The van der Waals surface area contributed by atoms with Gasteiger partial charge in [-0.05, 0) is 41.6 Å². The first-order chi connectivity index (χ1) is 12.6. The molecule has 0 radical (unpaired) electrons. The van der Waals surface area contributed by atoms with Gasteiger partial charge >= 0.3 is 0 Å². The van der Waals surface area contributed by atoms with Crippen molar-refractivity contribution in [1.82, 2.24) is 5.43 Å². The molecular weight excluding hydrogens is 351 g/mol. The van der Waals surface area contributed by atoms with Crippen molar-refractivity contribution in [3.05, 3.63) is 87.4 Å². The number of amides is 1. The summed E-state index contributed by atoms with van der Waals surface area (Å²) in [6, 6.07) is 15.6. The molecule has 1 heterocycles. The average Bonchev–Trinajstić information content (AvgIpc) is 3.11. The Morgan fingerprint density at radius 3 is 2.62 bits per heavy atom. The molecule has 132 valence electrons. The van der Waals surface area contributed by atoms with Crippen LogP contribution in [0.15, 0.2) is 65.1 Å². The number of rotatable bonds is 6. The quantitative estimate of drug-likeness (QED) is 0.513. The molecule has 0 aliphatic heterocycles. The van der Waals surface area contributed by atoms with E-state index in [1.165, 1.54) is 23.5 Å². The fourth-order valence-corrected chi connectivity index (χ4v) is 2.91. The Balaban J connectivity index is 1.59. The monoisotopic (exact) mass is 368 g/mol. The molecule has 6 heteroatoms. The summed E-state index contributed by atoms with van der Waals surface area (Å²) in [6.07, 6.45) is 1.59. The smallest absolute Gasteiger partial charge is 0.285 e. The van der Waals surface area contributed by atoms with Gasteiger partial charge < -0.3 is 4.74 Å². The molecule has 3 rings (SSSR count). The molecule has 0 unspecified atom stereocenters.